The number of unbranched alkanes of at least 4 members (excludes halogenated alkanes) is 2. The van der Waals surface area contributed by atoms with Crippen LogP contribution in [0.5, 0.6) is 0 Å². The summed E-state index contributed by atoms with van der Waals surface area (Å²) in [7, 11) is 0. The average molecular weight is 501 g/mol. The van der Waals surface area contributed by atoms with Crippen LogP contribution in [0.4, 0.5) is 0 Å². The summed E-state index contributed by atoms with van der Waals surface area (Å²) >= 11 is 0. The first kappa shape index (κ1) is 25.3. The van der Waals surface area contributed by atoms with Crippen molar-refractivity contribution >= 4 is 0 Å². The van der Waals surface area contributed by atoms with E-state index in [9.17, 15) is 0 Å². The standard InChI is InChI=1S/C32H32N6/c1-3-5-10-23-14-18-29(34-20-23)32-37-30(25-15-17-27(33-21-25)13-6-4-2)36-31(38-32)26-16-19-28(35-22-26)24-11-8-7-9-12-24/h7-9,11-12,14-22H,3-6,10,13H2,1-2H3. The molecule has 0 N–H and O–H groups in total. The van der Waals surface area contributed by atoms with E-state index < -0.39 is 0 Å². The van der Waals surface area contributed by atoms with Gasteiger partial charge < -0.3 is 0 Å². The third kappa shape index (κ3) is 6.14. The van der Waals surface area contributed by atoms with E-state index >= 15 is 0 Å². The van der Waals surface area contributed by atoms with Crippen LogP contribution in [0.25, 0.3) is 45.6 Å². The lowest BCUT2D eigenvalue weighted by molar-refractivity contribution is 0.777. The van der Waals surface area contributed by atoms with Gasteiger partial charge in [-0.1, -0.05) is 63.1 Å². The third-order valence-electron chi connectivity index (χ3n) is 6.47. The van der Waals surface area contributed by atoms with Gasteiger partial charge in [-0.3, -0.25) is 15.0 Å². The Morgan fingerprint density at radius 3 is 1.74 bits per heavy atom. The van der Waals surface area contributed by atoms with Crippen molar-refractivity contribution in [3.63, 3.8) is 0 Å². The number of rotatable bonds is 10. The molecule has 0 amide bonds. The molecule has 0 atom stereocenters. The van der Waals surface area contributed by atoms with E-state index in [2.05, 4.69) is 40.9 Å². The van der Waals surface area contributed by atoms with Crippen LogP contribution < -0.4 is 0 Å². The fourth-order valence-corrected chi connectivity index (χ4v) is 4.20. The molecule has 4 heterocycles. The van der Waals surface area contributed by atoms with E-state index in [1.54, 1.807) is 0 Å². The van der Waals surface area contributed by atoms with Gasteiger partial charge in [0.1, 0.15) is 5.69 Å². The first-order valence-corrected chi connectivity index (χ1v) is 13.4. The SMILES string of the molecule is CCCCc1ccc(-c2nc(-c3ccc(CCCC)nc3)nc(-c3ccc(-c4ccccc4)nc3)n2)nc1. The Labute approximate surface area is 224 Å². The Bertz CT molecular complexity index is 1380. The number of nitrogens with zero attached hydrogens (tertiary/aromatic N) is 6. The minimum absolute atomic E-state index is 0.536. The zero-order valence-corrected chi connectivity index (χ0v) is 22.0. The summed E-state index contributed by atoms with van der Waals surface area (Å²) in [5, 5.41) is 0. The Balaban J connectivity index is 1.52. The van der Waals surface area contributed by atoms with Crippen LogP contribution in [0.2, 0.25) is 0 Å². The highest BCUT2D eigenvalue weighted by molar-refractivity contribution is 5.66. The van der Waals surface area contributed by atoms with Gasteiger partial charge in [-0.2, -0.15) is 0 Å². The summed E-state index contributed by atoms with van der Waals surface area (Å²) < 4.78 is 0. The van der Waals surface area contributed by atoms with Crippen molar-refractivity contribution in [2.45, 2.75) is 52.4 Å². The van der Waals surface area contributed by atoms with Crippen molar-refractivity contribution < 1.29 is 0 Å². The smallest absolute Gasteiger partial charge is 0.182 e. The van der Waals surface area contributed by atoms with Gasteiger partial charge in [0.2, 0.25) is 0 Å². The van der Waals surface area contributed by atoms with Crippen LogP contribution >= 0.6 is 0 Å². The Morgan fingerprint density at radius 2 is 1.13 bits per heavy atom. The second-order valence-electron chi connectivity index (χ2n) is 9.40. The van der Waals surface area contributed by atoms with Crippen LogP contribution in [0.1, 0.15) is 50.8 Å². The van der Waals surface area contributed by atoms with E-state index in [-0.39, 0.29) is 0 Å². The van der Waals surface area contributed by atoms with Crippen molar-refractivity contribution in [3.8, 4) is 45.6 Å². The molecule has 38 heavy (non-hydrogen) atoms. The van der Waals surface area contributed by atoms with Crippen molar-refractivity contribution in [2.24, 2.45) is 0 Å². The molecule has 4 aromatic heterocycles. The number of pyridine rings is 3. The number of hydrogen-bond donors (Lipinski definition) is 0. The second-order valence-corrected chi connectivity index (χ2v) is 9.40. The minimum atomic E-state index is 0.536. The molecule has 1 aromatic carbocycles. The molecule has 6 nitrogen and oxygen atoms in total. The fraction of sp³-hybridized carbons (Fsp3) is 0.250. The maximum Gasteiger partial charge on any atom is 0.182 e. The lowest BCUT2D eigenvalue weighted by Gasteiger charge is -2.09. The molecule has 0 fully saturated rings. The summed E-state index contributed by atoms with van der Waals surface area (Å²) in [4.78, 5) is 28.5. The van der Waals surface area contributed by atoms with E-state index in [1.807, 2.05) is 73.2 Å². The van der Waals surface area contributed by atoms with Crippen molar-refractivity contribution in [2.75, 3.05) is 0 Å². The van der Waals surface area contributed by atoms with Crippen LogP contribution in [0.15, 0.2) is 85.3 Å². The van der Waals surface area contributed by atoms with Gasteiger partial charge in [-0.25, -0.2) is 15.0 Å². The predicted octanol–water partition coefficient (Wildman–Crippen LogP) is 7.41. The zero-order valence-electron chi connectivity index (χ0n) is 22.0. The van der Waals surface area contributed by atoms with Crippen molar-refractivity contribution in [3.05, 3.63) is 96.6 Å². The van der Waals surface area contributed by atoms with Gasteiger partial charge >= 0.3 is 0 Å². The molecule has 0 saturated carbocycles. The summed E-state index contributed by atoms with van der Waals surface area (Å²) in [6, 6.07) is 22.3. The predicted molar refractivity (Wildman–Crippen MR) is 152 cm³/mol. The number of hydrogen-bond acceptors (Lipinski definition) is 6. The maximum atomic E-state index is 4.82. The molecule has 6 heteroatoms. The van der Waals surface area contributed by atoms with E-state index in [0.29, 0.717) is 17.5 Å². The largest absolute Gasteiger partial charge is 0.261 e. The first-order valence-electron chi connectivity index (χ1n) is 13.4. The van der Waals surface area contributed by atoms with Crippen molar-refractivity contribution in [1.82, 2.24) is 29.9 Å². The molecular formula is C32H32N6. The third-order valence-corrected chi connectivity index (χ3v) is 6.47. The molecule has 0 aliphatic carbocycles. The van der Waals surface area contributed by atoms with Gasteiger partial charge in [-0.05, 0) is 61.6 Å². The molecule has 0 saturated heterocycles. The minimum Gasteiger partial charge on any atom is -0.261 e. The average Bonchev–Trinajstić information content (AvgIpc) is 3.00. The molecular weight excluding hydrogens is 468 g/mol. The second kappa shape index (κ2) is 12.3. The number of benzene rings is 1. The van der Waals surface area contributed by atoms with Crippen molar-refractivity contribution in [1.29, 1.82) is 0 Å². The molecule has 0 spiro atoms. The van der Waals surface area contributed by atoms with Crippen LogP contribution in [-0.4, -0.2) is 29.9 Å². The molecule has 5 aromatic rings. The van der Waals surface area contributed by atoms with E-state index in [4.69, 9.17) is 15.0 Å². The van der Waals surface area contributed by atoms with Crippen LogP contribution in [0, 0.1) is 0 Å². The topological polar surface area (TPSA) is 77.3 Å². The highest BCUT2D eigenvalue weighted by Gasteiger charge is 2.14. The Morgan fingerprint density at radius 1 is 0.500 bits per heavy atom. The fourth-order valence-electron chi connectivity index (χ4n) is 4.20. The molecule has 0 radical (unpaired) electrons. The summed E-state index contributed by atoms with van der Waals surface area (Å²) in [6.45, 7) is 4.38. The normalized spacial score (nSPS) is 11.0. The van der Waals surface area contributed by atoms with E-state index in [0.717, 1.165) is 72.3 Å². The number of aromatic nitrogens is 6. The lowest BCUT2D eigenvalue weighted by Crippen LogP contribution is -2.02. The van der Waals surface area contributed by atoms with Crippen LogP contribution in [0.3, 0.4) is 0 Å². The first-order chi connectivity index (χ1) is 18.7. The van der Waals surface area contributed by atoms with Gasteiger partial charge in [-0.15, -0.1) is 0 Å². The molecule has 0 unspecified atom stereocenters. The zero-order chi connectivity index (χ0) is 26.2. The van der Waals surface area contributed by atoms with E-state index in [1.165, 1.54) is 5.56 Å². The maximum absolute atomic E-state index is 4.82. The highest BCUT2D eigenvalue weighted by atomic mass is 15.0. The monoisotopic (exact) mass is 500 g/mol. The highest BCUT2D eigenvalue weighted by Crippen LogP contribution is 2.25. The number of aryl methyl sites for hydroxylation is 2. The lowest BCUT2D eigenvalue weighted by atomic mass is 10.1. The molecule has 0 bridgehead atoms. The summed E-state index contributed by atoms with van der Waals surface area (Å²) in [5.41, 5.74) is 6.66. The van der Waals surface area contributed by atoms with Gasteiger partial charge in [0, 0.05) is 41.0 Å². The molecule has 0 aliphatic heterocycles. The van der Waals surface area contributed by atoms with Crippen LogP contribution in [-0.2, 0) is 12.8 Å². The van der Waals surface area contributed by atoms with Gasteiger partial charge in [0.15, 0.2) is 17.5 Å². The summed E-state index contributed by atoms with van der Waals surface area (Å²) in [6.07, 6.45) is 12.2. The summed E-state index contributed by atoms with van der Waals surface area (Å²) in [5.74, 6) is 1.67. The molecule has 5 rings (SSSR count). The van der Waals surface area contributed by atoms with Gasteiger partial charge in [0.05, 0.1) is 5.69 Å². The molecule has 0 aliphatic rings. The van der Waals surface area contributed by atoms with Gasteiger partial charge in [0.25, 0.3) is 0 Å². The quantitative estimate of drug-likeness (QED) is 0.199. The Hall–Kier alpha value is -4.32. The Kier molecular flexibility index (Phi) is 8.19. The molecule has 190 valence electrons.